The topological polar surface area (TPSA) is 159 Å². The third-order valence-corrected chi connectivity index (χ3v) is 6.43. The Kier molecular flexibility index (Phi) is 8.14. The Morgan fingerprint density at radius 2 is 1.79 bits per heavy atom. The van der Waals surface area contributed by atoms with Crippen LogP contribution >= 0.6 is 11.6 Å². The summed E-state index contributed by atoms with van der Waals surface area (Å²) in [7, 11) is 1.39. The average Bonchev–Trinajstić information content (AvgIpc) is 2.80. The lowest BCUT2D eigenvalue weighted by Crippen LogP contribution is -2.55. The fourth-order valence-corrected chi connectivity index (χ4v) is 4.22. The van der Waals surface area contributed by atoms with Gasteiger partial charge in [-0.15, -0.1) is 0 Å². The van der Waals surface area contributed by atoms with E-state index in [9.17, 15) is 24.6 Å². The molecule has 0 aromatic heterocycles. The molecule has 1 aliphatic rings. The van der Waals surface area contributed by atoms with Crippen LogP contribution in [-0.4, -0.2) is 64.6 Å². The van der Waals surface area contributed by atoms with E-state index in [1.54, 1.807) is 30.3 Å². The van der Waals surface area contributed by atoms with Gasteiger partial charge < -0.3 is 31.9 Å². The number of carbonyl (C=O) groups is 3. The maximum atomic E-state index is 13.3. The number of nitrogens with one attached hydrogen (secondary N) is 1. The molecule has 1 heterocycles. The van der Waals surface area contributed by atoms with E-state index in [4.69, 9.17) is 23.1 Å². The number of benzene rings is 2. The second kappa shape index (κ2) is 10.9. The van der Waals surface area contributed by atoms with Gasteiger partial charge in [0.05, 0.1) is 6.04 Å². The Hall–Kier alpha value is -3.14. The molecule has 2 aromatic carbocycles. The number of carbonyl (C=O) groups excluding carboxylic acids is 2. The molecule has 4 bridgehead atoms. The number of likely N-dealkylation sites (N-methyl/N-ethyl adjacent to an activating group) is 1. The highest BCUT2D eigenvalue weighted by Crippen LogP contribution is 2.30. The third-order valence-electron chi connectivity index (χ3n) is 6.06. The van der Waals surface area contributed by atoms with Gasteiger partial charge >= 0.3 is 5.97 Å². The Morgan fingerprint density at radius 1 is 1.15 bits per heavy atom. The molecule has 2 amide bonds. The molecule has 2 aromatic rings. The van der Waals surface area contributed by atoms with Gasteiger partial charge in [-0.2, -0.15) is 0 Å². The molecule has 0 radical (unpaired) electrons. The van der Waals surface area contributed by atoms with Gasteiger partial charge in [0.1, 0.15) is 17.8 Å². The van der Waals surface area contributed by atoms with Crippen molar-refractivity contribution in [1.29, 1.82) is 0 Å². The van der Waals surface area contributed by atoms with E-state index in [-0.39, 0.29) is 25.0 Å². The number of rotatable bonds is 4. The molecular formula is C24H29ClN4O5. The number of halogens is 1. The van der Waals surface area contributed by atoms with Crippen LogP contribution in [0.2, 0.25) is 5.02 Å². The predicted octanol–water partition coefficient (Wildman–Crippen LogP) is 1.27. The van der Waals surface area contributed by atoms with E-state index >= 15 is 0 Å². The van der Waals surface area contributed by atoms with Crippen molar-refractivity contribution in [3.05, 3.63) is 52.5 Å². The molecule has 3 atom stereocenters. The molecule has 1 aliphatic heterocycles. The van der Waals surface area contributed by atoms with E-state index in [2.05, 4.69) is 5.32 Å². The summed E-state index contributed by atoms with van der Waals surface area (Å²) in [6.45, 7) is 0.293. The summed E-state index contributed by atoms with van der Waals surface area (Å²) < 4.78 is 0. The summed E-state index contributed by atoms with van der Waals surface area (Å²) in [6, 6.07) is 6.91. The number of fused-ring (bicyclic) bond motifs is 5. The van der Waals surface area contributed by atoms with E-state index in [0.29, 0.717) is 29.1 Å². The SMILES string of the molecule is CN1C(=O)[C@H](CCCN)NC(=O)C(N)Cc2cc(ccc2O)-c2ccc(Cl)c(c2)C[C@H]1C(=O)O. The van der Waals surface area contributed by atoms with Gasteiger partial charge in [0.25, 0.3) is 0 Å². The van der Waals surface area contributed by atoms with Crippen LogP contribution in [0.5, 0.6) is 5.75 Å². The number of hydrogen-bond acceptors (Lipinski definition) is 6. The monoisotopic (exact) mass is 488 g/mol. The van der Waals surface area contributed by atoms with E-state index < -0.39 is 35.9 Å². The summed E-state index contributed by atoms with van der Waals surface area (Å²) in [6.07, 6.45) is 0.666. The lowest BCUT2D eigenvalue weighted by molar-refractivity contribution is -0.150. The van der Waals surface area contributed by atoms with E-state index in [1.807, 2.05) is 0 Å². The highest BCUT2D eigenvalue weighted by Gasteiger charge is 2.33. The van der Waals surface area contributed by atoms with Crippen molar-refractivity contribution in [2.24, 2.45) is 11.5 Å². The average molecular weight is 489 g/mol. The molecule has 34 heavy (non-hydrogen) atoms. The summed E-state index contributed by atoms with van der Waals surface area (Å²) in [5.41, 5.74) is 14.2. The fraction of sp³-hybridized carbons (Fsp3) is 0.375. The minimum Gasteiger partial charge on any atom is -0.508 e. The summed E-state index contributed by atoms with van der Waals surface area (Å²) in [5.74, 6) is -2.35. The number of amides is 2. The van der Waals surface area contributed by atoms with Gasteiger partial charge in [-0.3, -0.25) is 9.59 Å². The van der Waals surface area contributed by atoms with Crippen molar-refractivity contribution in [2.75, 3.05) is 13.6 Å². The van der Waals surface area contributed by atoms with Crippen LogP contribution in [-0.2, 0) is 27.2 Å². The molecular weight excluding hydrogens is 460 g/mol. The normalized spacial score (nSPS) is 21.4. The van der Waals surface area contributed by atoms with Crippen molar-refractivity contribution in [2.45, 2.75) is 43.8 Å². The summed E-state index contributed by atoms with van der Waals surface area (Å²) >= 11 is 6.38. The highest BCUT2D eigenvalue weighted by molar-refractivity contribution is 6.31. The lowest BCUT2D eigenvalue weighted by Gasteiger charge is -2.30. The first-order valence-corrected chi connectivity index (χ1v) is 11.4. The van der Waals surface area contributed by atoms with E-state index in [1.165, 1.54) is 13.1 Å². The number of phenols is 1. The summed E-state index contributed by atoms with van der Waals surface area (Å²) in [5, 5.41) is 23.3. The minimum atomic E-state index is -1.22. The van der Waals surface area contributed by atoms with Crippen molar-refractivity contribution < 1.29 is 24.6 Å². The second-order valence-electron chi connectivity index (χ2n) is 8.46. The molecule has 9 nitrogen and oxygen atoms in total. The number of carboxylic acid groups (broad SMARTS) is 1. The van der Waals surface area contributed by atoms with Crippen LogP contribution in [0.4, 0.5) is 0 Å². The van der Waals surface area contributed by atoms with Crippen LogP contribution < -0.4 is 16.8 Å². The Bertz CT molecular complexity index is 1090. The molecule has 10 heteroatoms. The Balaban J connectivity index is 2.13. The van der Waals surface area contributed by atoms with Gasteiger partial charge in [-0.05, 0) is 65.9 Å². The number of phenolic OH excluding ortho intramolecular Hbond substituents is 1. The van der Waals surface area contributed by atoms with E-state index in [0.717, 1.165) is 16.0 Å². The first-order valence-electron chi connectivity index (χ1n) is 11.0. The Labute approximate surface area is 202 Å². The van der Waals surface area contributed by atoms with Gasteiger partial charge in [0.2, 0.25) is 11.8 Å². The molecule has 7 N–H and O–H groups in total. The lowest BCUT2D eigenvalue weighted by atomic mass is 9.96. The molecule has 0 saturated carbocycles. The minimum absolute atomic E-state index is 0.00747. The number of nitrogens with zero attached hydrogens (tertiary/aromatic N) is 1. The number of nitrogens with two attached hydrogens (primary N) is 2. The molecule has 0 spiro atoms. The molecule has 1 unspecified atom stereocenters. The van der Waals surface area contributed by atoms with Gasteiger partial charge in [0, 0.05) is 24.9 Å². The first kappa shape index (κ1) is 25.5. The van der Waals surface area contributed by atoms with Crippen molar-refractivity contribution in [3.8, 4) is 16.9 Å². The maximum Gasteiger partial charge on any atom is 0.326 e. The van der Waals surface area contributed by atoms with Crippen LogP contribution in [0, 0.1) is 0 Å². The third kappa shape index (κ3) is 5.67. The van der Waals surface area contributed by atoms with Crippen molar-refractivity contribution >= 4 is 29.4 Å². The predicted molar refractivity (Wildman–Crippen MR) is 128 cm³/mol. The maximum absolute atomic E-state index is 13.3. The molecule has 182 valence electrons. The van der Waals surface area contributed by atoms with Gasteiger partial charge in [-0.1, -0.05) is 23.7 Å². The van der Waals surface area contributed by atoms with Gasteiger partial charge in [0.15, 0.2) is 0 Å². The number of hydrogen-bond donors (Lipinski definition) is 5. The molecule has 0 aliphatic carbocycles. The number of aromatic hydroxyl groups is 1. The fourth-order valence-electron chi connectivity index (χ4n) is 4.02. The first-order chi connectivity index (χ1) is 16.1. The van der Waals surface area contributed by atoms with Crippen LogP contribution in [0.15, 0.2) is 36.4 Å². The standard InChI is InChI=1S/C24H29ClN4O5/c1-29-20(24(33)34)12-15-9-13(4-6-17(15)25)14-5-7-21(30)16(10-14)11-18(27)22(31)28-19(23(29)32)3-2-8-26/h4-7,9-10,18-20,30H,2-3,8,11-12,26-27H2,1H3,(H,28,31)(H,33,34)/t18?,19-,20-/m0/s1. The molecule has 0 saturated heterocycles. The molecule has 0 fully saturated rings. The van der Waals surface area contributed by atoms with Gasteiger partial charge in [-0.25, -0.2) is 4.79 Å². The smallest absolute Gasteiger partial charge is 0.326 e. The number of aliphatic carboxylic acids is 1. The van der Waals surface area contributed by atoms with Crippen molar-refractivity contribution in [3.63, 3.8) is 0 Å². The quantitative estimate of drug-likeness (QED) is 0.433. The van der Waals surface area contributed by atoms with Crippen molar-refractivity contribution in [1.82, 2.24) is 10.2 Å². The summed E-state index contributed by atoms with van der Waals surface area (Å²) in [4.78, 5) is 39.4. The number of carboxylic acids is 1. The van der Waals surface area contributed by atoms with Crippen LogP contribution in [0.25, 0.3) is 11.1 Å². The Morgan fingerprint density at radius 3 is 2.44 bits per heavy atom. The zero-order valence-corrected chi connectivity index (χ0v) is 19.6. The largest absolute Gasteiger partial charge is 0.508 e. The van der Waals surface area contributed by atoms with Crippen LogP contribution in [0.1, 0.15) is 24.0 Å². The zero-order valence-electron chi connectivity index (χ0n) is 18.8. The van der Waals surface area contributed by atoms with Crippen LogP contribution in [0.3, 0.4) is 0 Å². The zero-order chi connectivity index (χ0) is 25.0. The second-order valence-corrected chi connectivity index (χ2v) is 8.87. The molecule has 3 rings (SSSR count). The highest BCUT2D eigenvalue weighted by atomic mass is 35.5.